The first kappa shape index (κ1) is 24.0. The van der Waals surface area contributed by atoms with Crippen molar-refractivity contribution in [1.29, 1.82) is 0 Å². The monoisotopic (exact) mass is 548 g/mol. The number of imidazole rings is 1. The summed E-state index contributed by atoms with van der Waals surface area (Å²) in [6.45, 7) is 1.63. The van der Waals surface area contributed by atoms with Gasteiger partial charge in [0.15, 0.2) is 22.9 Å². The highest BCUT2D eigenvalue weighted by Crippen LogP contribution is 2.56. The van der Waals surface area contributed by atoms with Gasteiger partial charge in [-0.15, -0.1) is 0 Å². The predicted octanol–water partition coefficient (Wildman–Crippen LogP) is 5.13. The van der Waals surface area contributed by atoms with Gasteiger partial charge in [-0.1, -0.05) is 6.07 Å². The second kappa shape index (κ2) is 7.84. The van der Waals surface area contributed by atoms with E-state index in [1.165, 1.54) is 42.7 Å². The third-order valence-corrected chi connectivity index (χ3v) is 7.17. The second-order valence-electron chi connectivity index (χ2n) is 8.41. The number of halogens is 5. The molecule has 6 rings (SSSR count). The third kappa shape index (κ3) is 3.32. The van der Waals surface area contributed by atoms with Crippen molar-refractivity contribution in [3.8, 4) is 28.4 Å². The molecule has 0 radical (unpaired) electrons. The number of rotatable bonds is 3. The maximum atomic E-state index is 15.3. The molecule has 1 atom stereocenters. The first-order valence-electron chi connectivity index (χ1n) is 10.8. The molecule has 4 heterocycles. The van der Waals surface area contributed by atoms with Crippen molar-refractivity contribution in [3.63, 3.8) is 0 Å². The van der Waals surface area contributed by atoms with E-state index in [9.17, 15) is 26.0 Å². The topological polar surface area (TPSA) is 95.7 Å². The molecule has 2 aliphatic heterocycles. The van der Waals surface area contributed by atoms with Crippen LogP contribution in [-0.4, -0.2) is 34.3 Å². The van der Waals surface area contributed by atoms with Crippen LogP contribution in [0.25, 0.3) is 11.1 Å². The number of hydrogen-bond acceptors (Lipinski definition) is 7. The first-order chi connectivity index (χ1) is 17.9. The number of ether oxygens (including phenoxy) is 1. The fourth-order valence-electron chi connectivity index (χ4n) is 4.63. The van der Waals surface area contributed by atoms with Gasteiger partial charge in [0, 0.05) is 41.3 Å². The maximum absolute atomic E-state index is 15.3. The summed E-state index contributed by atoms with van der Waals surface area (Å²) in [5.74, 6) is -2.58. The molecule has 1 spiro atoms. The minimum Gasteiger partial charge on any atom is -0.453 e. The van der Waals surface area contributed by atoms with Crippen molar-refractivity contribution < 1.29 is 39.3 Å². The Bertz CT molecular complexity index is 1780. The van der Waals surface area contributed by atoms with Crippen molar-refractivity contribution >= 4 is 16.0 Å². The molecule has 0 saturated carbocycles. The van der Waals surface area contributed by atoms with Crippen molar-refractivity contribution in [1.82, 2.24) is 14.5 Å². The molecule has 2 aromatic heterocycles. The Hall–Kier alpha value is -4.33. The molecule has 0 aliphatic carbocycles. The summed E-state index contributed by atoms with van der Waals surface area (Å²) in [5.41, 5.74) is -6.87. The van der Waals surface area contributed by atoms with Gasteiger partial charge in [0.25, 0.3) is 0 Å². The summed E-state index contributed by atoms with van der Waals surface area (Å²) >= 11 is 0. The second-order valence-corrected chi connectivity index (χ2v) is 9.95. The molecule has 194 valence electrons. The molecule has 2 aliphatic rings. The summed E-state index contributed by atoms with van der Waals surface area (Å²) in [6.07, 6.45) is 4.30. The molecule has 0 saturated heterocycles. The van der Waals surface area contributed by atoms with Crippen LogP contribution in [0.3, 0.4) is 0 Å². The van der Waals surface area contributed by atoms with Crippen LogP contribution in [0.15, 0.2) is 66.0 Å². The van der Waals surface area contributed by atoms with Crippen LogP contribution in [0.2, 0.25) is 0 Å². The van der Waals surface area contributed by atoms with Crippen LogP contribution in [-0.2, 0) is 15.7 Å². The largest absolute Gasteiger partial charge is 0.534 e. The average Bonchev–Trinajstić information content (AvgIpc) is 3.43. The molecule has 38 heavy (non-hydrogen) atoms. The average molecular weight is 548 g/mol. The van der Waals surface area contributed by atoms with Crippen molar-refractivity contribution in [3.05, 3.63) is 89.8 Å². The molecule has 2 aromatic carbocycles. The van der Waals surface area contributed by atoms with Crippen molar-refractivity contribution in [2.24, 2.45) is 4.99 Å². The lowest BCUT2D eigenvalue weighted by atomic mass is 9.79. The summed E-state index contributed by atoms with van der Waals surface area (Å²) in [4.78, 5) is 12.7. The lowest BCUT2D eigenvalue weighted by molar-refractivity contribution is -0.0500. The Balaban J connectivity index is 1.63. The number of pyridine rings is 1. The van der Waals surface area contributed by atoms with Gasteiger partial charge in [0.05, 0.1) is 0 Å². The third-order valence-electron chi connectivity index (χ3n) is 6.19. The number of hydrogen-bond donors (Lipinski definition) is 0. The number of nitrogens with zero attached hydrogens (tertiary/aromatic N) is 4. The molecular formula is C24H13F5N4O4S. The highest BCUT2D eigenvalue weighted by atomic mass is 32.2. The van der Waals surface area contributed by atoms with Gasteiger partial charge < -0.3 is 8.92 Å². The van der Waals surface area contributed by atoms with Crippen LogP contribution in [0.1, 0.15) is 23.9 Å². The van der Waals surface area contributed by atoms with Gasteiger partial charge in [0.1, 0.15) is 17.3 Å². The Morgan fingerprint density at radius 1 is 1.03 bits per heavy atom. The van der Waals surface area contributed by atoms with Crippen molar-refractivity contribution in [2.75, 3.05) is 0 Å². The first-order valence-corrected chi connectivity index (χ1v) is 12.2. The Kier molecular flexibility index (Phi) is 4.96. The minimum absolute atomic E-state index is 0.119. The molecule has 0 amide bonds. The fourth-order valence-corrected chi connectivity index (χ4v) is 5.07. The number of fused-ring (bicyclic) bond motifs is 6. The molecule has 0 fully saturated rings. The van der Waals surface area contributed by atoms with E-state index in [1.807, 2.05) is 0 Å². The Morgan fingerprint density at radius 2 is 1.82 bits per heavy atom. The molecule has 8 nitrogen and oxygen atoms in total. The normalized spacial score (nSPS) is 17.9. The summed E-state index contributed by atoms with van der Waals surface area (Å²) in [6, 6.07) is 8.92. The number of aliphatic imine (C=N–C) groups is 1. The Morgan fingerprint density at radius 3 is 2.55 bits per heavy atom. The van der Waals surface area contributed by atoms with Crippen LogP contribution in [0.4, 0.5) is 22.0 Å². The number of aromatic nitrogens is 3. The van der Waals surface area contributed by atoms with E-state index < -0.39 is 44.4 Å². The van der Waals surface area contributed by atoms with E-state index in [0.717, 1.165) is 6.07 Å². The van der Waals surface area contributed by atoms with Gasteiger partial charge >= 0.3 is 15.6 Å². The van der Waals surface area contributed by atoms with Crippen LogP contribution < -0.4 is 8.92 Å². The van der Waals surface area contributed by atoms with E-state index in [0.29, 0.717) is 17.5 Å². The van der Waals surface area contributed by atoms with Crippen LogP contribution >= 0.6 is 0 Å². The zero-order valence-electron chi connectivity index (χ0n) is 19.0. The number of benzene rings is 2. The smallest absolute Gasteiger partial charge is 0.453 e. The SMILES string of the molecule is CC1=NC2(c3cc(-c4cccnc4F)ccc3Oc3c(F)cc(OS(=O)(=O)C(F)(F)F)cc32)c2nccn21. The molecule has 1 unspecified atom stereocenters. The summed E-state index contributed by atoms with van der Waals surface area (Å²) < 4.78 is 104. The Labute approximate surface area is 211 Å². The number of alkyl halides is 3. The molecule has 4 aromatic rings. The van der Waals surface area contributed by atoms with Gasteiger partial charge in [-0.05, 0) is 42.8 Å². The standard InChI is InChI=1S/C24H13F5N4O4S/c1-12-32-23(22-31-7-8-33(12)22)16-9-13(15-3-2-6-30-21(15)26)4-5-19(16)36-20-17(23)10-14(11-18(20)25)37-38(34,35)24(27,28)29/h2-11H,1H3. The van der Waals surface area contributed by atoms with E-state index in [-0.39, 0.29) is 28.3 Å². The van der Waals surface area contributed by atoms with Crippen molar-refractivity contribution in [2.45, 2.75) is 18.0 Å². The zero-order chi connectivity index (χ0) is 27.0. The van der Waals surface area contributed by atoms with Gasteiger partial charge in [-0.2, -0.15) is 26.0 Å². The maximum Gasteiger partial charge on any atom is 0.534 e. The van der Waals surface area contributed by atoms with E-state index in [2.05, 4.69) is 14.2 Å². The molecule has 14 heteroatoms. The summed E-state index contributed by atoms with van der Waals surface area (Å²) in [7, 11) is -6.11. The molecule has 0 bridgehead atoms. The highest BCUT2D eigenvalue weighted by Gasteiger charge is 2.53. The van der Waals surface area contributed by atoms with Crippen LogP contribution in [0.5, 0.6) is 17.2 Å². The van der Waals surface area contributed by atoms with Gasteiger partial charge in [-0.3, -0.25) is 4.57 Å². The van der Waals surface area contributed by atoms with E-state index in [4.69, 9.17) is 9.73 Å². The fraction of sp³-hybridized carbons (Fsp3) is 0.125. The van der Waals surface area contributed by atoms with Gasteiger partial charge in [0.2, 0.25) is 5.95 Å². The molecular weight excluding hydrogens is 535 g/mol. The van der Waals surface area contributed by atoms with Crippen LogP contribution in [0, 0.1) is 11.8 Å². The minimum atomic E-state index is -6.11. The zero-order valence-corrected chi connectivity index (χ0v) is 19.8. The highest BCUT2D eigenvalue weighted by molar-refractivity contribution is 7.88. The van der Waals surface area contributed by atoms with Gasteiger partial charge in [-0.25, -0.2) is 19.4 Å². The lowest BCUT2D eigenvalue weighted by Crippen LogP contribution is -2.32. The molecule has 0 N–H and O–H groups in total. The van der Waals surface area contributed by atoms with E-state index >= 15 is 4.39 Å². The lowest BCUT2D eigenvalue weighted by Gasteiger charge is -2.34. The summed E-state index contributed by atoms with van der Waals surface area (Å²) in [5, 5.41) is 0. The quantitative estimate of drug-likeness (QED) is 0.153. The predicted molar refractivity (Wildman–Crippen MR) is 122 cm³/mol. The van der Waals surface area contributed by atoms with E-state index in [1.54, 1.807) is 17.7 Å².